The Hall–Kier alpha value is -0.290. The summed E-state index contributed by atoms with van der Waals surface area (Å²) in [6, 6.07) is 8.35. The van der Waals surface area contributed by atoms with Gasteiger partial charge in [0.05, 0.1) is 6.10 Å². The highest BCUT2D eigenvalue weighted by Crippen LogP contribution is 2.21. The van der Waals surface area contributed by atoms with Crippen LogP contribution in [0, 0.1) is 3.57 Å². The number of hydrogen-bond donors (Lipinski definition) is 1. The molecule has 0 aromatic heterocycles. The van der Waals surface area contributed by atoms with Crippen molar-refractivity contribution in [2.45, 2.75) is 6.10 Å². The zero-order valence-electron chi connectivity index (χ0n) is 6.57. The van der Waals surface area contributed by atoms with E-state index in [-0.39, 0.29) is 6.10 Å². The Morgan fingerprint density at radius 1 is 1.25 bits per heavy atom. The van der Waals surface area contributed by atoms with Gasteiger partial charge in [0, 0.05) is 22.3 Å². The van der Waals surface area contributed by atoms with Crippen LogP contribution in [0.2, 0.25) is 0 Å². The van der Waals surface area contributed by atoms with Gasteiger partial charge < -0.3 is 10.0 Å². The van der Waals surface area contributed by atoms with Gasteiger partial charge in [0.2, 0.25) is 0 Å². The Morgan fingerprint density at radius 2 is 1.83 bits per heavy atom. The zero-order valence-corrected chi connectivity index (χ0v) is 8.73. The molecule has 0 amide bonds. The molecule has 0 bridgehead atoms. The third-order valence-electron chi connectivity index (χ3n) is 2.05. The smallest absolute Gasteiger partial charge is 0.0889 e. The van der Waals surface area contributed by atoms with Crippen molar-refractivity contribution >= 4 is 28.3 Å². The molecule has 1 aromatic carbocycles. The molecule has 1 aliphatic heterocycles. The second kappa shape index (κ2) is 3.22. The van der Waals surface area contributed by atoms with Crippen molar-refractivity contribution in [1.82, 2.24) is 0 Å². The summed E-state index contributed by atoms with van der Waals surface area (Å²) in [5.74, 6) is 0. The lowest BCUT2D eigenvalue weighted by Gasteiger charge is -2.37. The number of halogens is 1. The number of aliphatic hydroxyl groups is 1. The summed E-state index contributed by atoms with van der Waals surface area (Å²) in [7, 11) is 0. The summed E-state index contributed by atoms with van der Waals surface area (Å²) in [5, 5.41) is 9.09. The molecule has 2 rings (SSSR count). The number of aliphatic hydroxyl groups excluding tert-OH is 1. The van der Waals surface area contributed by atoms with Crippen molar-refractivity contribution in [1.29, 1.82) is 0 Å². The summed E-state index contributed by atoms with van der Waals surface area (Å²) < 4.78 is 1.25. The summed E-state index contributed by atoms with van der Waals surface area (Å²) >= 11 is 2.29. The molecule has 1 aromatic rings. The largest absolute Gasteiger partial charge is 0.389 e. The molecule has 3 heteroatoms. The Morgan fingerprint density at radius 3 is 2.33 bits per heavy atom. The predicted octanol–water partition coefficient (Wildman–Crippen LogP) is 1.47. The van der Waals surface area contributed by atoms with Gasteiger partial charge in [-0.3, -0.25) is 0 Å². The predicted molar refractivity (Wildman–Crippen MR) is 57.4 cm³/mol. The number of rotatable bonds is 1. The SMILES string of the molecule is OC1CN(c2ccc(I)cc2)C1. The van der Waals surface area contributed by atoms with Crippen molar-refractivity contribution in [3.05, 3.63) is 27.8 Å². The van der Waals surface area contributed by atoms with E-state index in [2.05, 4.69) is 51.8 Å². The van der Waals surface area contributed by atoms with Gasteiger partial charge in [0.25, 0.3) is 0 Å². The van der Waals surface area contributed by atoms with Crippen LogP contribution in [0.15, 0.2) is 24.3 Å². The maximum atomic E-state index is 9.09. The molecule has 0 unspecified atom stereocenters. The Labute approximate surface area is 85.3 Å². The monoisotopic (exact) mass is 275 g/mol. The highest BCUT2D eigenvalue weighted by atomic mass is 127. The molecule has 12 heavy (non-hydrogen) atoms. The van der Waals surface area contributed by atoms with Crippen LogP contribution in [0.5, 0.6) is 0 Å². The molecule has 0 aliphatic carbocycles. The first kappa shape index (κ1) is 8.31. The lowest BCUT2D eigenvalue weighted by molar-refractivity contribution is 0.142. The van der Waals surface area contributed by atoms with Crippen molar-refractivity contribution < 1.29 is 5.11 Å². The van der Waals surface area contributed by atoms with Crippen LogP contribution in [-0.4, -0.2) is 24.3 Å². The number of nitrogens with zero attached hydrogens (tertiary/aromatic N) is 1. The minimum Gasteiger partial charge on any atom is -0.389 e. The maximum absolute atomic E-state index is 9.09. The molecule has 1 fully saturated rings. The van der Waals surface area contributed by atoms with Crippen molar-refractivity contribution in [3.63, 3.8) is 0 Å². The van der Waals surface area contributed by atoms with E-state index < -0.39 is 0 Å². The molecule has 1 aliphatic rings. The second-order valence-corrected chi connectivity index (χ2v) is 4.28. The molecule has 2 nitrogen and oxygen atoms in total. The van der Waals surface area contributed by atoms with E-state index in [0.29, 0.717) is 0 Å². The quantitative estimate of drug-likeness (QED) is 0.785. The average Bonchev–Trinajstić information content (AvgIpc) is 2.01. The van der Waals surface area contributed by atoms with Crippen LogP contribution < -0.4 is 4.90 Å². The Balaban J connectivity index is 2.09. The lowest BCUT2D eigenvalue weighted by atomic mass is 10.1. The summed E-state index contributed by atoms with van der Waals surface area (Å²) in [6.45, 7) is 1.56. The zero-order chi connectivity index (χ0) is 8.55. The lowest BCUT2D eigenvalue weighted by Crippen LogP contribution is -2.50. The first-order valence-electron chi connectivity index (χ1n) is 3.94. The van der Waals surface area contributed by atoms with Gasteiger partial charge in [-0.25, -0.2) is 0 Å². The van der Waals surface area contributed by atoms with Crippen LogP contribution in [0.25, 0.3) is 0 Å². The highest BCUT2D eigenvalue weighted by Gasteiger charge is 2.23. The van der Waals surface area contributed by atoms with Crippen molar-refractivity contribution in [2.24, 2.45) is 0 Å². The van der Waals surface area contributed by atoms with Crippen LogP contribution in [0.4, 0.5) is 5.69 Å². The van der Waals surface area contributed by atoms with E-state index in [4.69, 9.17) is 5.11 Å². The normalized spacial score (nSPS) is 17.7. The van der Waals surface area contributed by atoms with E-state index in [1.165, 1.54) is 9.26 Å². The van der Waals surface area contributed by atoms with Gasteiger partial charge in [-0.2, -0.15) is 0 Å². The van der Waals surface area contributed by atoms with Crippen molar-refractivity contribution in [2.75, 3.05) is 18.0 Å². The number of β-amino-alcohol motifs (C(OH)–C–C–N with tert-alkyl or cyclic N) is 1. The molecule has 0 atom stereocenters. The summed E-state index contributed by atoms with van der Waals surface area (Å²) in [5.41, 5.74) is 1.21. The van der Waals surface area contributed by atoms with E-state index in [1.54, 1.807) is 0 Å². The van der Waals surface area contributed by atoms with Gasteiger partial charge in [-0.15, -0.1) is 0 Å². The molecule has 0 saturated carbocycles. The first-order chi connectivity index (χ1) is 5.75. The van der Waals surface area contributed by atoms with Crippen molar-refractivity contribution in [3.8, 4) is 0 Å². The van der Waals surface area contributed by atoms with Crippen LogP contribution in [0.3, 0.4) is 0 Å². The maximum Gasteiger partial charge on any atom is 0.0889 e. The van der Waals surface area contributed by atoms with Gasteiger partial charge in [-0.1, -0.05) is 0 Å². The fourth-order valence-electron chi connectivity index (χ4n) is 1.32. The molecule has 1 N–H and O–H groups in total. The molecular weight excluding hydrogens is 265 g/mol. The van der Waals surface area contributed by atoms with Gasteiger partial charge in [0.15, 0.2) is 0 Å². The van der Waals surface area contributed by atoms with E-state index in [9.17, 15) is 0 Å². The van der Waals surface area contributed by atoms with Crippen LogP contribution in [-0.2, 0) is 0 Å². The fraction of sp³-hybridized carbons (Fsp3) is 0.333. The molecule has 0 spiro atoms. The Bertz CT molecular complexity index is 266. The molecule has 1 saturated heterocycles. The first-order valence-corrected chi connectivity index (χ1v) is 5.02. The van der Waals surface area contributed by atoms with Crippen LogP contribution >= 0.6 is 22.6 Å². The van der Waals surface area contributed by atoms with Gasteiger partial charge in [-0.05, 0) is 46.9 Å². The summed E-state index contributed by atoms with van der Waals surface area (Å²) in [4.78, 5) is 2.17. The van der Waals surface area contributed by atoms with E-state index >= 15 is 0 Å². The molecule has 1 heterocycles. The molecule has 0 radical (unpaired) electrons. The molecular formula is C9H10INO. The van der Waals surface area contributed by atoms with Crippen LogP contribution in [0.1, 0.15) is 0 Å². The fourth-order valence-corrected chi connectivity index (χ4v) is 1.68. The Kier molecular flexibility index (Phi) is 2.23. The third kappa shape index (κ3) is 1.56. The minimum absolute atomic E-state index is 0.121. The van der Waals surface area contributed by atoms with Gasteiger partial charge in [0.1, 0.15) is 0 Å². The minimum atomic E-state index is -0.121. The standard InChI is InChI=1S/C9H10INO/c10-7-1-3-8(4-2-7)11-5-9(12)6-11/h1-4,9,12H,5-6H2. The number of benzene rings is 1. The average molecular weight is 275 g/mol. The highest BCUT2D eigenvalue weighted by molar-refractivity contribution is 14.1. The summed E-state index contributed by atoms with van der Waals surface area (Å²) in [6.07, 6.45) is -0.121. The third-order valence-corrected chi connectivity index (χ3v) is 2.77. The topological polar surface area (TPSA) is 23.5 Å². The molecule has 64 valence electrons. The van der Waals surface area contributed by atoms with Gasteiger partial charge >= 0.3 is 0 Å². The number of anilines is 1. The van der Waals surface area contributed by atoms with E-state index in [0.717, 1.165) is 13.1 Å². The second-order valence-electron chi connectivity index (χ2n) is 3.04. The number of hydrogen-bond acceptors (Lipinski definition) is 2. The van der Waals surface area contributed by atoms with E-state index in [1.807, 2.05) is 0 Å².